The Labute approximate surface area is 109 Å². The quantitative estimate of drug-likeness (QED) is 0.757. The smallest absolute Gasteiger partial charge is 0.146 e. The van der Waals surface area contributed by atoms with Crippen LogP contribution in [0.3, 0.4) is 0 Å². The molecule has 1 aromatic carbocycles. The number of methoxy groups -OCH3 is 1. The van der Waals surface area contributed by atoms with Crippen LogP contribution < -0.4 is 10.2 Å². The molecule has 1 rings (SSSR count). The van der Waals surface area contributed by atoms with Crippen molar-refractivity contribution in [3.63, 3.8) is 0 Å². The Morgan fingerprint density at radius 2 is 2.17 bits per heavy atom. The topological polar surface area (TPSA) is 24.5 Å². The molecule has 0 radical (unpaired) electrons. The fourth-order valence-electron chi connectivity index (χ4n) is 2.00. The molecule has 102 valence electrons. The molecule has 4 heteroatoms. The van der Waals surface area contributed by atoms with Gasteiger partial charge in [0.1, 0.15) is 5.82 Å². The molecule has 0 amide bonds. The molecule has 0 heterocycles. The Balaban J connectivity index is 2.91. The molecule has 0 saturated carbocycles. The van der Waals surface area contributed by atoms with Crippen molar-refractivity contribution in [2.75, 3.05) is 39.3 Å². The summed E-state index contributed by atoms with van der Waals surface area (Å²) < 4.78 is 19.0. The van der Waals surface area contributed by atoms with Gasteiger partial charge in [0.2, 0.25) is 0 Å². The van der Waals surface area contributed by atoms with Gasteiger partial charge in [-0.1, -0.05) is 12.1 Å². The van der Waals surface area contributed by atoms with E-state index in [-0.39, 0.29) is 11.9 Å². The molecule has 0 aliphatic rings. The summed E-state index contributed by atoms with van der Waals surface area (Å²) in [6, 6.07) is 5.35. The molecule has 1 N–H and O–H groups in total. The number of para-hydroxylation sites is 1. The highest BCUT2D eigenvalue weighted by atomic mass is 19.1. The second kappa shape index (κ2) is 7.34. The number of benzene rings is 1. The number of rotatable bonds is 7. The lowest BCUT2D eigenvalue weighted by Crippen LogP contribution is -2.24. The molecular weight excluding hydrogens is 231 g/mol. The molecule has 3 nitrogen and oxygen atoms in total. The van der Waals surface area contributed by atoms with Crippen LogP contribution in [0.5, 0.6) is 0 Å². The summed E-state index contributed by atoms with van der Waals surface area (Å²) in [6.07, 6.45) is 0.884. The Bertz CT molecular complexity index is 371. The Kier molecular flexibility index (Phi) is 6.09. The van der Waals surface area contributed by atoms with Gasteiger partial charge < -0.3 is 15.0 Å². The van der Waals surface area contributed by atoms with Crippen molar-refractivity contribution < 1.29 is 9.13 Å². The van der Waals surface area contributed by atoms with E-state index in [1.165, 1.54) is 6.07 Å². The second-order valence-corrected chi connectivity index (χ2v) is 4.46. The SMILES string of the molecule is CNC(C)c1cccc(F)c1N(C)CCCOC. The fourth-order valence-corrected chi connectivity index (χ4v) is 2.00. The monoisotopic (exact) mass is 254 g/mol. The van der Waals surface area contributed by atoms with Gasteiger partial charge in [0.25, 0.3) is 0 Å². The zero-order valence-electron chi connectivity index (χ0n) is 11.7. The maximum absolute atomic E-state index is 14.0. The first kappa shape index (κ1) is 14.9. The van der Waals surface area contributed by atoms with Crippen LogP contribution in [0.25, 0.3) is 0 Å². The van der Waals surface area contributed by atoms with Crippen LogP contribution in [0.4, 0.5) is 10.1 Å². The molecule has 0 aliphatic carbocycles. The molecule has 0 fully saturated rings. The highest BCUT2D eigenvalue weighted by molar-refractivity contribution is 5.55. The van der Waals surface area contributed by atoms with Crippen molar-refractivity contribution in [3.8, 4) is 0 Å². The zero-order chi connectivity index (χ0) is 13.5. The van der Waals surface area contributed by atoms with E-state index in [1.54, 1.807) is 13.2 Å². The van der Waals surface area contributed by atoms with Crippen molar-refractivity contribution in [1.82, 2.24) is 5.32 Å². The van der Waals surface area contributed by atoms with Crippen LogP contribution in [-0.2, 0) is 4.74 Å². The van der Waals surface area contributed by atoms with E-state index in [0.29, 0.717) is 12.3 Å². The molecule has 0 bridgehead atoms. The maximum Gasteiger partial charge on any atom is 0.146 e. The highest BCUT2D eigenvalue weighted by Crippen LogP contribution is 2.28. The Hall–Kier alpha value is -1.13. The van der Waals surface area contributed by atoms with Crippen molar-refractivity contribution in [1.29, 1.82) is 0 Å². The third-order valence-corrected chi connectivity index (χ3v) is 3.14. The van der Waals surface area contributed by atoms with Gasteiger partial charge in [0, 0.05) is 33.4 Å². The number of ether oxygens (including phenoxy) is 1. The molecule has 1 unspecified atom stereocenters. The summed E-state index contributed by atoms with van der Waals surface area (Å²) in [4.78, 5) is 1.96. The Morgan fingerprint density at radius 1 is 1.44 bits per heavy atom. The van der Waals surface area contributed by atoms with Crippen molar-refractivity contribution >= 4 is 5.69 Å². The summed E-state index contributed by atoms with van der Waals surface area (Å²) >= 11 is 0. The molecule has 0 aliphatic heterocycles. The van der Waals surface area contributed by atoms with E-state index in [9.17, 15) is 4.39 Å². The molecule has 1 atom stereocenters. The summed E-state index contributed by atoms with van der Waals surface area (Å²) in [5.74, 6) is -0.172. The first-order chi connectivity index (χ1) is 8.61. The second-order valence-electron chi connectivity index (χ2n) is 4.46. The van der Waals surface area contributed by atoms with E-state index < -0.39 is 0 Å². The van der Waals surface area contributed by atoms with Crippen molar-refractivity contribution in [3.05, 3.63) is 29.6 Å². The van der Waals surface area contributed by atoms with E-state index >= 15 is 0 Å². The summed E-state index contributed by atoms with van der Waals surface area (Å²) in [5, 5.41) is 3.15. The van der Waals surface area contributed by atoms with E-state index in [4.69, 9.17) is 4.74 Å². The number of hydrogen-bond donors (Lipinski definition) is 1. The standard InChI is InChI=1S/C14H23FN2O/c1-11(16-2)12-7-5-8-13(15)14(12)17(3)9-6-10-18-4/h5,7-8,11,16H,6,9-10H2,1-4H3. The van der Waals surface area contributed by atoms with Gasteiger partial charge in [-0.05, 0) is 32.0 Å². The number of halogens is 1. The largest absolute Gasteiger partial charge is 0.385 e. The average Bonchev–Trinajstić information content (AvgIpc) is 2.37. The maximum atomic E-state index is 14.0. The summed E-state index contributed by atoms with van der Waals surface area (Å²) in [5.41, 5.74) is 1.66. The van der Waals surface area contributed by atoms with Gasteiger partial charge in [-0.15, -0.1) is 0 Å². The van der Waals surface area contributed by atoms with Gasteiger partial charge in [-0.25, -0.2) is 4.39 Å². The first-order valence-corrected chi connectivity index (χ1v) is 6.27. The van der Waals surface area contributed by atoms with Crippen LogP contribution in [-0.4, -0.2) is 34.4 Å². The van der Waals surface area contributed by atoms with Crippen molar-refractivity contribution in [2.45, 2.75) is 19.4 Å². The van der Waals surface area contributed by atoms with Crippen LogP contribution in [0.1, 0.15) is 24.9 Å². The number of nitrogens with zero attached hydrogens (tertiary/aromatic N) is 1. The zero-order valence-corrected chi connectivity index (χ0v) is 11.7. The van der Waals surface area contributed by atoms with Crippen LogP contribution >= 0.6 is 0 Å². The minimum absolute atomic E-state index is 0.126. The molecule has 0 spiro atoms. The molecule has 18 heavy (non-hydrogen) atoms. The third kappa shape index (κ3) is 3.68. The molecule has 0 aromatic heterocycles. The summed E-state index contributed by atoms with van der Waals surface area (Å²) in [6.45, 7) is 3.50. The fraction of sp³-hybridized carbons (Fsp3) is 0.571. The summed E-state index contributed by atoms with van der Waals surface area (Å²) in [7, 11) is 5.47. The van der Waals surface area contributed by atoms with Crippen LogP contribution in [0.2, 0.25) is 0 Å². The van der Waals surface area contributed by atoms with Gasteiger partial charge in [-0.3, -0.25) is 0 Å². The minimum Gasteiger partial charge on any atom is -0.385 e. The molecular formula is C14H23FN2O. The predicted octanol–water partition coefficient (Wildman–Crippen LogP) is 2.58. The third-order valence-electron chi connectivity index (χ3n) is 3.14. The highest BCUT2D eigenvalue weighted by Gasteiger charge is 2.16. The first-order valence-electron chi connectivity index (χ1n) is 6.27. The average molecular weight is 254 g/mol. The number of nitrogens with one attached hydrogen (secondary N) is 1. The van der Waals surface area contributed by atoms with Gasteiger partial charge in [-0.2, -0.15) is 0 Å². The molecule has 0 saturated heterocycles. The predicted molar refractivity (Wildman–Crippen MR) is 73.6 cm³/mol. The molecule has 1 aromatic rings. The number of hydrogen-bond acceptors (Lipinski definition) is 3. The van der Waals surface area contributed by atoms with Crippen LogP contribution in [0.15, 0.2) is 18.2 Å². The van der Waals surface area contributed by atoms with Gasteiger partial charge >= 0.3 is 0 Å². The lowest BCUT2D eigenvalue weighted by molar-refractivity contribution is 0.196. The van der Waals surface area contributed by atoms with E-state index in [1.807, 2.05) is 32.0 Å². The van der Waals surface area contributed by atoms with E-state index in [2.05, 4.69) is 5.32 Å². The lowest BCUT2D eigenvalue weighted by Gasteiger charge is -2.25. The normalized spacial score (nSPS) is 12.5. The van der Waals surface area contributed by atoms with Gasteiger partial charge in [0.05, 0.1) is 5.69 Å². The van der Waals surface area contributed by atoms with Gasteiger partial charge in [0.15, 0.2) is 0 Å². The van der Waals surface area contributed by atoms with Crippen LogP contribution in [0, 0.1) is 5.82 Å². The Morgan fingerprint density at radius 3 is 2.78 bits per heavy atom. The minimum atomic E-state index is -0.172. The lowest BCUT2D eigenvalue weighted by atomic mass is 10.0. The van der Waals surface area contributed by atoms with Crippen molar-refractivity contribution in [2.24, 2.45) is 0 Å². The number of anilines is 1. The van der Waals surface area contributed by atoms with E-state index in [0.717, 1.165) is 18.5 Å².